The molecule has 1 fully saturated rings. The molecule has 0 bridgehead atoms. The zero-order valence-electron chi connectivity index (χ0n) is 8.71. The normalized spacial score (nSPS) is 17.2. The number of thioether (sulfide) groups is 1. The summed E-state index contributed by atoms with van der Waals surface area (Å²) in [5, 5.41) is 0.678. The van der Waals surface area contributed by atoms with Gasteiger partial charge in [0.2, 0.25) is 0 Å². The van der Waals surface area contributed by atoms with Crippen LogP contribution in [0.15, 0.2) is 23.1 Å². The van der Waals surface area contributed by atoms with Gasteiger partial charge in [0.15, 0.2) is 0 Å². The number of hydrogen-bond acceptors (Lipinski definition) is 2. The summed E-state index contributed by atoms with van der Waals surface area (Å²) in [7, 11) is 0. The van der Waals surface area contributed by atoms with Crippen LogP contribution in [-0.2, 0) is 6.54 Å². The van der Waals surface area contributed by atoms with Gasteiger partial charge in [-0.15, -0.1) is 11.8 Å². The smallest absolute Gasteiger partial charge is 0.124 e. The summed E-state index contributed by atoms with van der Waals surface area (Å²) in [6, 6.07) is 5.13. The topological polar surface area (TPSA) is 26.0 Å². The number of nitrogens with two attached hydrogens (primary N) is 1. The van der Waals surface area contributed by atoms with Crippen molar-refractivity contribution < 1.29 is 4.39 Å². The van der Waals surface area contributed by atoms with Crippen LogP contribution in [-0.4, -0.2) is 5.25 Å². The van der Waals surface area contributed by atoms with Gasteiger partial charge in [0, 0.05) is 16.7 Å². The lowest BCUT2D eigenvalue weighted by Gasteiger charge is -2.09. The Bertz CT molecular complexity index is 334. The van der Waals surface area contributed by atoms with Crippen molar-refractivity contribution in [3.05, 3.63) is 29.6 Å². The van der Waals surface area contributed by atoms with Crippen LogP contribution in [0.1, 0.15) is 31.2 Å². The first kappa shape index (κ1) is 11.0. The molecule has 1 aliphatic rings. The third kappa shape index (κ3) is 2.95. The van der Waals surface area contributed by atoms with Crippen molar-refractivity contribution in [1.29, 1.82) is 0 Å². The predicted molar refractivity (Wildman–Crippen MR) is 62.4 cm³/mol. The molecule has 2 N–H and O–H groups in total. The number of hydrogen-bond donors (Lipinski definition) is 1. The molecule has 1 aromatic carbocycles. The molecule has 0 amide bonds. The van der Waals surface area contributed by atoms with Crippen molar-refractivity contribution in [2.75, 3.05) is 0 Å². The summed E-state index contributed by atoms with van der Waals surface area (Å²) in [6.45, 7) is 0.413. The highest BCUT2D eigenvalue weighted by Gasteiger charge is 2.16. The first-order valence-corrected chi connectivity index (χ1v) is 6.32. The van der Waals surface area contributed by atoms with E-state index in [9.17, 15) is 4.39 Å². The van der Waals surface area contributed by atoms with Gasteiger partial charge in [-0.1, -0.05) is 12.8 Å². The fourth-order valence-corrected chi connectivity index (χ4v) is 3.36. The van der Waals surface area contributed by atoms with Crippen LogP contribution in [0.4, 0.5) is 4.39 Å². The second-order valence-electron chi connectivity index (χ2n) is 4.02. The van der Waals surface area contributed by atoms with Crippen molar-refractivity contribution >= 4 is 11.8 Å². The van der Waals surface area contributed by atoms with E-state index in [4.69, 9.17) is 5.73 Å². The Balaban J connectivity index is 2.09. The molecule has 1 aliphatic carbocycles. The minimum Gasteiger partial charge on any atom is -0.326 e. The van der Waals surface area contributed by atoms with Crippen LogP contribution >= 0.6 is 11.8 Å². The first-order chi connectivity index (χ1) is 7.28. The minimum absolute atomic E-state index is 0.168. The van der Waals surface area contributed by atoms with E-state index in [0.717, 1.165) is 10.5 Å². The van der Waals surface area contributed by atoms with E-state index < -0.39 is 0 Å². The molecule has 0 radical (unpaired) electrons. The zero-order chi connectivity index (χ0) is 10.7. The van der Waals surface area contributed by atoms with E-state index >= 15 is 0 Å². The predicted octanol–water partition coefficient (Wildman–Crippen LogP) is 3.32. The number of benzene rings is 1. The molecular weight excluding hydrogens is 209 g/mol. The molecule has 2 rings (SSSR count). The molecule has 1 saturated carbocycles. The maximum atomic E-state index is 13.2. The summed E-state index contributed by atoms with van der Waals surface area (Å²) >= 11 is 1.80. The summed E-state index contributed by atoms with van der Waals surface area (Å²) in [5.74, 6) is -0.168. The second kappa shape index (κ2) is 4.99. The Morgan fingerprint density at radius 1 is 1.27 bits per heavy atom. The van der Waals surface area contributed by atoms with Gasteiger partial charge in [0.1, 0.15) is 5.82 Å². The van der Waals surface area contributed by atoms with Crippen LogP contribution in [0, 0.1) is 5.82 Å². The summed E-state index contributed by atoms with van der Waals surface area (Å²) in [4.78, 5) is 1.03. The molecule has 0 aromatic heterocycles. The van der Waals surface area contributed by atoms with Gasteiger partial charge >= 0.3 is 0 Å². The van der Waals surface area contributed by atoms with Crippen molar-refractivity contribution in [3.63, 3.8) is 0 Å². The Morgan fingerprint density at radius 3 is 2.67 bits per heavy atom. The van der Waals surface area contributed by atoms with E-state index in [1.165, 1.54) is 31.7 Å². The monoisotopic (exact) mass is 225 g/mol. The standard InChI is InChI=1S/C12H16FNS/c13-10-5-9(8-14)6-12(7-10)15-11-3-1-2-4-11/h5-7,11H,1-4,8,14H2. The largest absolute Gasteiger partial charge is 0.326 e. The maximum absolute atomic E-state index is 13.2. The van der Waals surface area contributed by atoms with Crippen LogP contribution in [0.5, 0.6) is 0 Å². The van der Waals surface area contributed by atoms with E-state index in [2.05, 4.69) is 0 Å². The highest BCUT2D eigenvalue weighted by molar-refractivity contribution is 8.00. The second-order valence-corrected chi connectivity index (χ2v) is 5.40. The SMILES string of the molecule is NCc1cc(F)cc(SC2CCCC2)c1. The minimum atomic E-state index is -0.168. The van der Waals surface area contributed by atoms with E-state index in [1.807, 2.05) is 6.07 Å². The van der Waals surface area contributed by atoms with Crippen molar-refractivity contribution in [3.8, 4) is 0 Å². The summed E-state index contributed by atoms with van der Waals surface area (Å²) < 4.78 is 13.2. The van der Waals surface area contributed by atoms with Crippen molar-refractivity contribution in [2.45, 2.75) is 42.4 Å². The third-order valence-corrected chi connectivity index (χ3v) is 4.08. The molecule has 1 aromatic rings. The Hall–Kier alpha value is -0.540. The van der Waals surface area contributed by atoms with Gasteiger partial charge in [0.25, 0.3) is 0 Å². The molecule has 0 heterocycles. The highest BCUT2D eigenvalue weighted by atomic mass is 32.2. The number of rotatable bonds is 3. The fraction of sp³-hybridized carbons (Fsp3) is 0.500. The van der Waals surface area contributed by atoms with Crippen LogP contribution in [0.25, 0.3) is 0 Å². The van der Waals surface area contributed by atoms with Gasteiger partial charge in [-0.2, -0.15) is 0 Å². The van der Waals surface area contributed by atoms with Gasteiger partial charge in [0.05, 0.1) is 0 Å². The van der Waals surface area contributed by atoms with Gasteiger partial charge in [-0.05, 0) is 36.6 Å². The Morgan fingerprint density at radius 2 is 2.00 bits per heavy atom. The fourth-order valence-electron chi connectivity index (χ4n) is 2.01. The van der Waals surface area contributed by atoms with Gasteiger partial charge in [-0.3, -0.25) is 0 Å². The first-order valence-electron chi connectivity index (χ1n) is 5.44. The zero-order valence-corrected chi connectivity index (χ0v) is 9.52. The van der Waals surface area contributed by atoms with Crippen LogP contribution in [0.3, 0.4) is 0 Å². The molecule has 3 heteroatoms. The molecular formula is C12H16FNS. The molecule has 0 saturated heterocycles. The molecule has 0 unspecified atom stereocenters. The summed E-state index contributed by atoms with van der Waals surface area (Å²) in [5.41, 5.74) is 6.40. The maximum Gasteiger partial charge on any atom is 0.124 e. The average molecular weight is 225 g/mol. The molecule has 82 valence electrons. The lowest BCUT2D eigenvalue weighted by Crippen LogP contribution is -1.99. The summed E-state index contributed by atoms with van der Waals surface area (Å²) in [6.07, 6.45) is 5.16. The van der Waals surface area contributed by atoms with Crippen molar-refractivity contribution in [1.82, 2.24) is 0 Å². The Labute approximate surface area is 94.2 Å². The lowest BCUT2D eigenvalue weighted by atomic mass is 10.2. The number of halogens is 1. The molecule has 1 nitrogen and oxygen atoms in total. The van der Waals surface area contributed by atoms with Gasteiger partial charge in [-0.25, -0.2) is 4.39 Å². The molecule has 15 heavy (non-hydrogen) atoms. The molecule has 0 atom stereocenters. The quantitative estimate of drug-likeness (QED) is 0.854. The third-order valence-electron chi connectivity index (χ3n) is 2.77. The van der Waals surface area contributed by atoms with Crippen LogP contribution in [0.2, 0.25) is 0 Å². The van der Waals surface area contributed by atoms with Crippen molar-refractivity contribution in [2.24, 2.45) is 5.73 Å². The highest BCUT2D eigenvalue weighted by Crippen LogP contribution is 2.35. The van der Waals surface area contributed by atoms with E-state index in [0.29, 0.717) is 11.8 Å². The average Bonchev–Trinajstić information content (AvgIpc) is 2.69. The lowest BCUT2D eigenvalue weighted by molar-refractivity contribution is 0.621. The van der Waals surface area contributed by atoms with Crippen LogP contribution < -0.4 is 5.73 Å². The van der Waals surface area contributed by atoms with Gasteiger partial charge < -0.3 is 5.73 Å². The molecule has 0 aliphatic heterocycles. The van der Waals surface area contributed by atoms with E-state index in [-0.39, 0.29) is 5.82 Å². The van der Waals surface area contributed by atoms with E-state index in [1.54, 1.807) is 17.8 Å². The molecule has 0 spiro atoms. The Kier molecular flexibility index (Phi) is 3.65.